The van der Waals surface area contributed by atoms with Crippen LogP contribution < -0.4 is 0 Å². The molecule has 36 heavy (non-hydrogen) atoms. The largest absolute Gasteiger partial charge is 0.378 e. The van der Waals surface area contributed by atoms with Crippen molar-refractivity contribution in [2.45, 2.75) is 6.10 Å². The zero-order valence-electron chi connectivity index (χ0n) is 20.5. The first kappa shape index (κ1) is 34.8. The summed E-state index contributed by atoms with van der Waals surface area (Å²) in [6.07, 6.45) is -0.479. The molecule has 0 aliphatic carbocycles. The third-order valence-corrected chi connectivity index (χ3v) is 7.96. The molecule has 212 valence electrons. The molecule has 0 aliphatic rings. The van der Waals surface area contributed by atoms with E-state index in [0.29, 0.717) is 0 Å². The van der Waals surface area contributed by atoms with Gasteiger partial charge in [0.2, 0.25) is 0 Å². The second kappa shape index (κ2) is 19.9. The number of sulfone groups is 3. The highest BCUT2D eigenvalue weighted by molar-refractivity contribution is 7.94. The molecule has 0 fully saturated rings. The van der Waals surface area contributed by atoms with Crippen LogP contribution >= 0.6 is 0 Å². The Morgan fingerprint density at radius 3 is 1.11 bits per heavy atom. The normalized spacial score (nSPS) is 12.6. The maximum Gasteiger partial charge on any atom is 0.173 e. The summed E-state index contributed by atoms with van der Waals surface area (Å²) >= 11 is 0. The van der Waals surface area contributed by atoms with Gasteiger partial charge in [-0.2, -0.15) is 0 Å². The van der Waals surface area contributed by atoms with E-state index in [1.165, 1.54) is 0 Å². The first-order valence-corrected chi connectivity index (χ1v) is 16.2. The molecule has 0 aliphatic heterocycles. The summed E-state index contributed by atoms with van der Waals surface area (Å²) in [6.45, 7) is 11.1. The lowest BCUT2D eigenvalue weighted by molar-refractivity contribution is -0.0820. The predicted molar refractivity (Wildman–Crippen MR) is 136 cm³/mol. The average molecular weight is 579 g/mol. The topological polar surface area (TPSA) is 158 Å². The summed E-state index contributed by atoms with van der Waals surface area (Å²) < 4.78 is 100. The fourth-order valence-corrected chi connectivity index (χ4v) is 3.72. The van der Waals surface area contributed by atoms with E-state index in [4.69, 9.17) is 28.4 Å². The zero-order chi connectivity index (χ0) is 27.3. The van der Waals surface area contributed by atoms with E-state index < -0.39 is 35.6 Å². The third kappa shape index (κ3) is 21.0. The van der Waals surface area contributed by atoms with Crippen LogP contribution in [0.15, 0.2) is 36.0 Å². The maximum absolute atomic E-state index is 11.3. The molecule has 0 radical (unpaired) electrons. The molecule has 12 nitrogen and oxygen atoms in total. The van der Waals surface area contributed by atoms with E-state index in [2.05, 4.69) is 19.7 Å². The van der Waals surface area contributed by atoms with Gasteiger partial charge in [0.1, 0.15) is 6.10 Å². The number of ether oxygens (including phenoxy) is 6. The molecule has 0 N–H and O–H groups in total. The molecule has 0 spiro atoms. The van der Waals surface area contributed by atoms with Crippen LogP contribution in [-0.2, 0) is 57.9 Å². The van der Waals surface area contributed by atoms with E-state index in [0.717, 1.165) is 16.2 Å². The van der Waals surface area contributed by atoms with Crippen LogP contribution in [0.5, 0.6) is 0 Å². The lowest BCUT2D eigenvalue weighted by atomic mass is 10.4. The van der Waals surface area contributed by atoms with Gasteiger partial charge in [0.15, 0.2) is 29.5 Å². The molecule has 0 aromatic rings. The van der Waals surface area contributed by atoms with Crippen LogP contribution in [-0.4, -0.2) is 121 Å². The van der Waals surface area contributed by atoms with Crippen LogP contribution in [0.4, 0.5) is 0 Å². The summed E-state index contributed by atoms with van der Waals surface area (Å²) in [6, 6.07) is 0. The lowest BCUT2D eigenvalue weighted by Gasteiger charge is -2.18. The van der Waals surface area contributed by atoms with E-state index in [9.17, 15) is 25.3 Å². The Balaban J connectivity index is 4.24. The Kier molecular flexibility index (Phi) is 19.2. The van der Waals surface area contributed by atoms with E-state index in [1.54, 1.807) is 0 Å². The summed E-state index contributed by atoms with van der Waals surface area (Å²) in [7, 11) is -9.95. The number of hydrogen-bond donors (Lipinski definition) is 0. The summed E-state index contributed by atoms with van der Waals surface area (Å²) in [4.78, 5) is 0. The third-order valence-electron chi connectivity index (χ3n) is 4.23. The Bertz CT molecular complexity index is 875. The predicted octanol–water partition coefficient (Wildman–Crippen LogP) is 0.130. The van der Waals surface area contributed by atoms with Crippen molar-refractivity contribution < 1.29 is 53.7 Å². The summed E-state index contributed by atoms with van der Waals surface area (Å²) in [5, 5.41) is 2.64. The monoisotopic (exact) mass is 578 g/mol. The quantitative estimate of drug-likeness (QED) is 0.128. The van der Waals surface area contributed by atoms with E-state index in [-0.39, 0.29) is 89.9 Å². The standard InChI is InChI=1S/C21H38O12S3/c1-4-34(22,23)16-13-28-7-9-31-19-21(33-12-11-30-15-18-36(26,27)6-3)20-32-10-8-29-14-17-35(24,25)5-2/h4-6,21H,1-3,7-20H2. The van der Waals surface area contributed by atoms with Gasteiger partial charge in [-0.1, -0.05) is 19.7 Å². The van der Waals surface area contributed by atoms with Crippen molar-refractivity contribution in [2.75, 3.05) is 89.9 Å². The van der Waals surface area contributed by atoms with Gasteiger partial charge in [0, 0.05) is 16.2 Å². The minimum Gasteiger partial charge on any atom is -0.378 e. The van der Waals surface area contributed by atoms with Crippen molar-refractivity contribution in [1.82, 2.24) is 0 Å². The van der Waals surface area contributed by atoms with Crippen molar-refractivity contribution >= 4 is 29.5 Å². The molecular formula is C21H38O12S3. The Morgan fingerprint density at radius 1 is 0.472 bits per heavy atom. The molecule has 0 aromatic heterocycles. The number of rotatable bonds is 26. The Labute approximate surface area is 215 Å². The van der Waals surface area contributed by atoms with Crippen LogP contribution in [0.25, 0.3) is 0 Å². The van der Waals surface area contributed by atoms with Crippen molar-refractivity contribution in [2.24, 2.45) is 0 Å². The highest BCUT2D eigenvalue weighted by Crippen LogP contribution is 1.99. The minimum atomic E-state index is -3.33. The Hall–Kier alpha value is -1.17. The molecule has 0 unspecified atom stereocenters. The molecule has 0 saturated carbocycles. The van der Waals surface area contributed by atoms with Gasteiger partial charge in [0.05, 0.1) is 89.9 Å². The van der Waals surface area contributed by atoms with E-state index in [1.807, 2.05) is 0 Å². The van der Waals surface area contributed by atoms with Crippen molar-refractivity contribution in [1.29, 1.82) is 0 Å². The first-order valence-electron chi connectivity index (χ1n) is 11.0. The van der Waals surface area contributed by atoms with Crippen molar-refractivity contribution in [3.8, 4) is 0 Å². The van der Waals surface area contributed by atoms with Gasteiger partial charge in [-0.15, -0.1) is 0 Å². The molecular weight excluding hydrogens is 540 g/mol. The van der Waals surface area contributed by atoms with Crippen LogP contribution in [0.3, 0.4) is 0 Å². The fourth-order valence-electron chi connectivity index (χ4n) is 2.16. The van der Waals surface area contributed by atoms with Crippen molar-refractivity contribution in [3.63, 3.8) is 0 Å². The number of hydrogen-bond acceptors (Lipinski definition) is 12. The molecule has 0 bridgehead atoms. The first-order chi connectivity index (χ1) is 17.0. The van der Waals surface area contributed by atoms with Gasteiger partial charge in [0.25, 0.3) is 0 Å². The van der Waals surface area contributed by atoms with Gasteiger partial charge >= 0.3 is 0 Å². The van der Waals surface area contributed by atoms with E-state index >= 15 is 0 Å². The maximum atomic E-state index is 11.3. The van der Waals surface area contributed by atoms with Gasteiger partial charge in [-0.25, -0.2) is 25.3 Å². The SMILES string of the molecule is C=CS(=O)(=O)CCOCCOCC(COCCOCCS(=O)(=O)C=C)OCCOCCS(=O)(=O)C=C. The second-order valence-electron chi connectivity index (χ2n) is 7.08. The second-order valence-corrected chi connectivity index (χ2v) is 13.3. The van der Waals surface area contributed by atoms with Gasteiger partial charge in [-0.05, 0) is 0 Å². The molecule has 0 heterocycles. The highest BCUT2D eigenvalue weighted by Gasteiger charge is 2.12. The molecule has 0 amide bonds. The lowest BCUT2D eigenvalue weighted by Crippen LogP contribution is -2.29. The molecule has 0 atom stereocenters. The average Bonchev–Trinajstić information content (AvgIpc) is 2.84. The fraction of sp³-hybridized carbons (Fsp3) is 0.714. The van der Waals surface area contributed by atoms with Crippen LogP contribution in [0.2, 0.25) is 0 Å². The summed E-state index contributed by atoms with van der Waals surface area (Å²) in [5.41, 5.74) is 0. The summed E-state index contributed by atoms with van der Waals surface area (Å²) in [5.74, 6) is -0.494. The molecule has 15 heteroatoms. The van der Waals surface area contributed by atoms with Crippen molar-refractivity contribution in [3.05, 3.63) is 36.0 Å². The molecule has 0 aromatic carbocycles. The zero-order valence-corrected chi connectivity index (χ0v) is 22.9. The molecule has 0 saturated heterocycles. The van der Waals surface area contributed by atoms with Gasteiger partial charge < -0.3 is 28.4 Å². The van der Waals surface area contributed by atoms with Crippen LogP contribution in [0, 0.1) is 0 Å². The smallest absolute Gasteiger partial charge is 0.173 e. The van der Waals surface area contributed by atoms with Gasteiger partial charge in [-0.3, -0.25) is 0 Å². The molecule has 0 rings (SSSR count). The Morgan fingerprint density at radius 2 is 0.778 bits per heavy atom. The minimum absolute atomic E-state index is 0.00715. The van der Waals surface area contributed by atoms with Crippen LogP contribution in [0.1, 0.15) is 0 Å². The highest BCUT2D eigenvalue weighted by atomic mass is 32.2.